The van der Waals surface area contributed by atoms with Crippen LogP contribution in [0.5, 0.6) is 0 Å². The lowest BCUT2D eigenvalue weighted by molar-refractivity contribution is -0.142. The Kier molecular flexibility index (Phi) is 20.5. The fraction of sp³-hybridized carbons (Fsp3) is 0.340. The van der Waals surface area contributed by atoms with Gasteiger partial charge in [-0.1, -0.05) is 99.4 Å². The molecule has 5 atom stereocenters. The number of Topliss-reactive ketones (excluding diaryl/α,β-unsaturated/α-hetero) is 2. The van der Waals surface area contributed by atoms with Gasteiger partial charge in [-0.05, 0) is 108 Å². The first-order valence-electron chi connectivity index (χ1n) is 23.1. The van der Waals surface area contributed by atoms with Gasteiger partial charge in [0.05, 0.1) is 18.0 Å². The number of hydrogen-bond donors (Lipinski definition) is 6. The number of carboxylic acids is 2. The molecule has 2 heterocycles. The molecule has 1 amide bonds. The van der Waals surface area contributed by atoms with Crippen LogP contribution in [0, 0.1) is 23.5 Å². The smallest absolute Gasteiger partial charge is 0.326 e. The van der Waals surface area contributed by atoms with Crippen molar-refractivity contribution in [2.24, 2.45) is 23.3 Å². The summed E-state index contributed by atoms with van der Waals surface area (Å²) < 4.78 is 39.1. The lowest BCUT2D eigenvalue weighted by Crippen LogP contribution is -2.50. The molecule has 15 nitrogen and oxygen atoms in total. The zero-order chi connectivity index (χ0) is 52.8. The van der Waals surface area contributed by atoms with E-state index in [1.54, 1.807) is 42.5 Å². The van der Waals surface area contributed by atoms with Crippen LogP contribution in [0.15, 0.2) is 106 Å². The lowest BCUT2D eigenvalue weighted by Gasteiger charge is -2.22. The Morgan fingerprint density at radius 1 is 0.625 bits per heavy atom. The topological polar surface area (TPSA) is 262 Å². The molecule has 0 radical (unpaired) electrons. The van der Waals surface area contributed by atoms with Crippen LogP contribution in [0.4, 0.5) is 8.78 Å². The zero-order valence-electron chi connectivity index (χ0n) is 40.0. The van der Waals surface area contributed by atoms with Gasteiger partial charge >= 0.3 is 11.9 Å². The summed E-state index contributed by atoms with van der Waals surface area (Å²) in [5, 5.41) is 31.3. The fourth-order valence-electron chi connectivity index (χ4n) is 7.66. The predicted octanol–water partition coefficient (Wildman–Crippen LogP) is 9.46. The number of nitrogens with zero attached hydrogens (tertiary/aromatic N) is 2. The molecular weight excluding hydrogens is 976 g/mol. The van der Waals surface area contributed by atoms with Crippen molar-refractivity contribution in [1.29, 1.82) is 0 Å². The van der Waals surface area contributed by atoms with Gasteiger partial charge in [0.2, 0.25) is 17.5 Å². The van der Waals surface area contributed by atoms with Crippen molar-refractivity contribution in [3.05, 3.63) is 153 Å². The molecular formula is C53H57Cl2F2N5O10. The molecule has 0 bridgehead atoms. The lowest BCUT2D eigenvalue weighted by atomic mass is 9.87. The number of aliphatic hydroxyl groups is 1. The van der Waals surface area contributed by atoms with Gasteiger partial charge < -0.3 is 40.9 Å². The predicted molar refractivity (Wildman–Crippen MR) is 267 cm³/mol. The van der Waals surface area contributed by atoms with Gasteiger partial charge in [-0.25, -0.2) is 23.5 Å². The minimum atomic E-state index is -1.36. The number of carboxylic acid groups (broad SMARTS) is 2. The van der Waals surface area contributed by atoms with Crippen molar-refractivity contribution in [2.45, 2.75) is 96.2 Å². The van der Waals surface area contributed by atoms with E-state index in [0.717, 1.165) is 11.1 Å². The van der Waals surface area contributed by atoms with Crippen LogP contribution in [-0.2, 0) is 27.2 Å². The van der Waals surface area contributed by atoms with Gasteiger partial charge in [0.1, 0.15) is 42.3 Å². The molecule has 72 heavy (non-hydrogen) atoms. The van der Waals surface area contributed by atoms with Crippen LogP contribution in [0.25, 0.3) is 22.3 Å². The molecule has 19 heteroatoms. The molecule has 0 saturated heterocycles. The largest absolute Gasteiger partial charge is 0.480 e. The number of oxazole rings is 2. The number of nitrogens with one attached hydrogen (secondary N) is 1. The molecule has 0 saturated carbocycles. The standard InChI is InChI=1S/C28H31ClFN3O6.C25H26ClFN2O4/c1-15(2)24-14-39-27(33-24)25(35)11-17(10-23(28(37)38)32-26(36)22(31)13-34)9-16-3-5-18(6-4-16)20-12-19(29)7-8-21(20)30;1-14(2)22-13-33-24(29-22)23(30)11-16(10-21(28)25(31)32)9-15-3-5-17(6-4-15)19-12-18(26)7-8-20(19)27/h3-8,12,14-15,17,22-23,34H,9-11,13,31H2,1-2H3,(H,32,36)(H,37,38);3-8,12-14,16,21H,9-11,28H2,1-2H3,(H,31,32)/t17-,22-,23-;16-,21-/m11/s1. The van der Waals surface area contributed by atoms with Gasteiger partial charge in [-0.2, -0.15) is 0 Å². The van der Waals surface area contributed by atoms with E-state index in [2.05, 4.69) is 15.3 Å². The van der Waals surface area contributed by atoms with Crippen LogP contribution in [0.2, 0.25) is 10.0 Å². The Balaban J connectivity index is 0.000000271. The fourth-order valence-corrected chi connectivity index (χ4v) is 8.00. The van der Waals surface area contributed by atoms with E-state index in [1.807, 2.05) is 39.8 Å². The molecule has 0 aliphatic carbocycles. The summed E-state index contributed by atoms with van der Waals surface area (Å²) in [5.74, 6) is -5.56. The van der Waals surface area contributed by atoms with Crippen molar-refractivity contribution in [3.63, 3.8) is 0 Å². The highest BCUT2D eigenvalue weighted by molar-refractivity contribution is 6.31. The third-order valence-electron chi connectivity index (χ3n) is 11.7. The maximum absolute atomic E-state index is 14.3. The Bertz CT molecular complexity index is 2820. The highest BCUT2D eigenvalue weighted by atomic mass is 35.5. The Hall–Kier alpha value is -6.63. The molecule has 6 aromatic rings. The second-order valence-electron chi connectivity index (χ2n) is 18.1. The van der Waals surface area contributed by atoms with Gasteiger partial charge in [0, 0.05) is 34.0 Å². The number of aromatic nitrogens is 2. The maximum atomic E-state index is 14.3. The molecule has 4 aromatic carbocycles. The van der Waals surface area contributed by atoms with E-state index in [9.17, 15) is 43.0 Å². The quantitative estimate of drug-likeness (QED) is 0.0327. The molecule has 0 aliphatic heterocycles. The number of aliphatic carboxylic acids is 2. The first kappa shape index (κ1) is 56.3. The van der Waals surface area contributed by atoms with Crippen LogP contribution in [-0.4, -0.2) is 79.4 Å². The average molecular weight is 1030 g/mol. The van der Waals surface area contributed by atoms with Crippen molar-refractivity contribution in [3.8, 4) is 22.3 Å². The van der Waals surface area contributed by atoms with Crippen LogP contribution < -0.4 is 16.8 Å². The monoisotopic (exact) mass is 1030 g/mol. The summed E-state index contributed by atoms with van der Waals surface area (Å²) in [6.45, 7) is 7.05. The number of halogens is 4. The van der Waals surface area contributed by atoms with Crippen LogP contribution in [0.1, 0.15) is 109 Å². The molecule has 8 N–H and O–H groups in total. The van der Waals surface area contributed by atoms with Gasteiger partial charge in [0.25, 0.3) is 11.8 Å². The molecule has 0 aliphatic rings. The average Bonchev–Trinajstić information content (AvgIpc) is 4.06. The number of ketones is 2. The molecule has 6 rings (SSSR count). The van der Waals surface area contributed by atoms with Crippen LogP contribution in [0.3, 0.4) is 0 Å². The second-order valence-corrected chi connectivity index (χ2v) is 19.0. The van der Waals surface area contributed by atoms with E-state index >= 15 is 0 Å². The number of nitrogens with two attached hydrogens (primary N) is 2. The van der Waals surface area contributed by atoms with Crippen molar-refractivity contribution >= 4 is 52.6 Å². The number of carbonyl (C=O) groups excluding carboxylic acids is 3. The first-order valence-corrected chi connectivity index (χ1v) is 23.8. The summed E-state index contributed by atoms with van der Waals surface area (Å²) in [4.78, 5) is 69.6. The molecule has 0 spiro atoms. The van der Waals surface area contributed by atoms with Gasteiger partial charge in [-0.15, -0.1) is 0 Å². The molecule has 2 aromatic heterocycles. The molecule has 0 unspecified atom stereocenters. The Morgan fingerprint density at radius 2 is 1.04 bits per heavy atom. The Labute approximate surface area is 425 Å². The van der Waals surface area contributed by atoms with E-state index in [4.69, 9.17) is 48.6 Å². The number of benzene rings is 4. The summed E-state index contributed by atoms with van der Waals surface area (Å²) in [6.07, 6.45) is 3.52. The maximum Gasteiger partial charge on any atom is 0.326 e. The SMILES string of the molecule is CC(C)c1coc(C(=O)C[C@H](Cc2ccc(-c3cc(Cl)ccc3F)cc2)C[C@@H](N)C(=O)O)n1.CC(C)c1coc(C(=O)C[C@H](Cc2ccc(-c3cc(Cl)ccc3F)cc2)C[C@@H](NC(=O)[C@H](N)CO)C(=O)O)n1. The number of aliphatic hydroxyl groups excluding tert-OH is 1. The minimum Gasteiger partial charge on any atom is -0.480 e. The van der Waals surface area contributed by atoms with Crippen molar-refractivity contribution in [1.82, 2.24) is 15.3 Å². The first-order chi connectivity index (χ1) is 34.1. The van der Waals surface area contributed by atoms with E-state index in [0.29, 0.717) is 50.1 Å². The summed E-state index contributed by atoms with van der Waals surface area (Å²) in [5.41, 5.74) is 16.2. The zero-order valence-corrected chi connectivity index (χ0v) is 41.5. The van der Waals surface area contributed by atoms with E-state index < -0.39 is 60.1 Å². The Morgan fingerprint density at radius 3 is 1.40 bits per heavy atom. The molecule has 382 valence electrons. The highest BCUT2D eigenvalue weighted by Crippen LogP contribution is 2.30. The van der Waals surface area contributed by atoms with E-state index in [1.165, 1.54) is 42.9 Å². The van der Waals surface area contributed by atoms with Crippen LogP contribution >= 0.6 is 23.2 Å². The summed E-state index contributed by atoms with van der Waals surface area (Å²) in [6, 6.07) is 19.0. The van der Waals surface area contributed by atoms with Crippen molar-refractivity contribution < 1.29 is 56.9 Å². The summed E-state index contributed by atoms with van der Waals surface area (Å²) >= 11 is 12.0. The number of amides is 1. The summed E-state index contributed by atoms with van der Waals surface area (Å²) in [7, 11) is 0. The normalized spacial score (nSPS) is 13.4. The number of carbonyl (C=O) groups is 5. The van der Waals surface area contributed by atoms with Gasteiger partial charge in [-0.3, -0.25) is 19.2 Å². The van der Waals surface area contributed by atoms with E-state index in [-0.39, 0.29) is 73.2 Å². The third kappa shape index (κ3) is 16.2. The third-order valence-corrected chi connectivity index (χ3v) is 12.2. The van der Waals surface area contributed by atoms with Gasteiger partial charge in [0.15, 0.2) is 0 Å². The number of rotatable bonds is 23. The minimum absolute atomic E-state index is 0.0133. The van der Waals surface area contributed by atoms with Crippen molar-refractivity contribution in [2.75, 3.05) is 6.61 Å². The second kappa shape index (κ2) is 26.2. The highest BCUT2D eigenvalue weighted by Gasteiger charge is 2.30. The molecule has 0 fully saturated rings. The number of hydrogen-bond acceptors (Lipinski definition) is 12.